The summed E-state index contributed by atoms with van der Waals surface area (Å²) in [6, 6.07) is -1.06. The number of amides is 3. The van der Waals surface area contributed by atoms with E-state index in [1.807, 2.05) is 0 Å². The molecule has 1 rings (SSSR count). The summed E-state index contributed by atoms with van der Waals surface area (Å²) in [6.45, 7) is 4.98. The van der Waals surface area contributed by atoms with Gasteiger partial charge in [-0.1, -0.05) is 20.8 Å². The normalized spacial score (nSPS) is 18.9. The molecule has 118 valence electrons. The predicted molar refractivity (Wildman–Crippen MR) is 73.2 cm³/mol. The Hall–Kier alpha value is -2.12. The molecule has 1 aliphatic rings. The minimum Gasteiger partial charge on any atom is -0.480 e. The van der Waals surface area contributed by atoms with Crippen LogP contribution in [-0.2, 0) is 19.2 Å². The molecule has 1 fully saturated rings. The van der Waals surface area contributed by atoms with Crippen molar-refractivity contribution < 1.29 is 24.3 Å². The molecule has 8 nitrogen and oxygen atoms in total. The zero-order chi connectivity index (χ0) is 16.2. The number of nitrogens with zero attached hydrogens (tertiary/aromatic N) is 1. The van der Waals surface area contributed by atoms with Crippen LogP contribution in [-0.4, -0.2) is 59.4 Å². The first-order valence-electron chi connectivity index (χ1n) is 6.70. The van der Waals surface area contributed by atoms with Gasteiger partial charge < -0.3 is 20.6 Å². The molecule has 8 heteroatoms. The van der Waals surface area contributed by atoms with Crippen LogP contribution in [0.3, 0.4) is 0 Å². The topological polar surface area (TPSA) is 116 Å². The van der Waals surface area contributed by atoms with Crippen LogP contribution in [0.2, 0.25) is 0 Å². The van der Waals surface area contributed by atoms with Crippen molar-refractivity contribution in [1.82, 2.24) is 15.5 Å². The zero-order valence-electron chi connectivity index (χ0n) is 12.4. The summed E-state index contributed by atoms with van der Waals surface area (Å²) < 4.78 is 0. The van der Waals surface area contributed by atoms with Gasteiger partial charge in [-0.05, 0) is 0 Å². The molecule has 1 unspecified atom stereocenters. The molecule has 0 saturated carbocycles. The quantitative estimate of drug-likeness (QED) is 0.612. The van der Waals surface area contributed by atoms with Gasteiger partial charge in [-0.25, -0.2) is 4.79 Å². The van der Waals surface area contributed by atoms with E-state index >= 15 is 0 Å². The standard InChI is InChI=1S/C13H21N3O5/c1-13(2,3)12(21)14-5-4-10(18)16-7-9(17)15-6-8(16)11(19)20/h8H,4-7H2,1-3H3,(H,14,21)(H,15,17)(H,19,20). The maximum Gasteiger partial charge on any atom is 0.328 e. The van der Waals surface area contributed by atoms with Crippen molar-refractivity contribution in [2.75, 3.05) is 19.6 Å². The Kier molecular flexibility index (Phi) is 5.28. The Labute approximate surface area is 122 Å². The van der Waals surface area contributed by atoms with Gasteiger partial charge in [-0.3, -0.25) is 14.4 Å². The molecule has 3 N–H and O–H groups in total. The average Bonchev–Trinajstić information content (AvgIpc) is 2.36. The molecule has 1 saturated heterocycles. The molecule has 0 aromatic heterocycles. The smallest absolute Gasteiger partial charge is 0.328 e. The summed E-state index contributed by atoms with van der Waals surface area (Å²) in [5.74, 6) is -2.21. The van der Waals surface area contributed by atoms with Gasteiger partial charge in [-0.2, -0.15) is 0 Å². The van der Waals surface area contributed by atoms with E-state index in [0.717, 1.165) is 4.90 Å². The van der Waals surface area contributed by atoms with Gasteiger partial charge in [0.15, 0.2) is 0 Å². The number of rotatable bonds is 4. The number of carboxylic acids is 1. The van der Waals surface area contributed by atoms with Crippen molar-refractivity contribution >= 4 is 23.7 Å². The van der Waals surface area contributed by atoms with Crippen LogP contribution in [0, 0.1) is 5.41 Å². The molecule has 0 aliphatic carbocycles. The Morgan fingerprint density at radius 3 is 2.52 bits per heavy atom. The van der Waals surface area contributed by atoms with Crippen LogP contribution in [0.1, 0.15) is 27.2 Å². The molecule has 3 amide bonds. The zero-order valence-corrected chi connectivity index (χ0v) is 12.4. The van der Waals surface area contributed by atoms with Crippen molar-refractivity contribution in [2.24, 2.45) is 5.41 Å². The van der Waals surface area contributed by atoms with Gasteiger partial charge >= 0.3 is 5.97 Å². The van der Waals surface area contributed by atoms with Crippen molar-refractivity contribution in [2.45, 2.75) is 33.2 Å². The lowest BCUT2D eigenvalue weighted by Crippen LogP contribution is -2.59. The number of aliphatic carboxylic acids is 1. The van der Waals surface area contributed by atoms with Crippen LogP contribution >= 0.6 is 0 Å². The lowest BCUT2D eigenvalue weighted by molar-refractivity contribution is -0.154. The summed E-state index contributed by atoms with van der Waals surface area (Å²) in [4.78, 5) is 47.1. The average molecular weight is 299 g/mol. The fourth-order valence-electron chi connectivity index (χ4n) is 1.82. The first-order chi connectivity index (χ1) is 9.62. The highest BCUT2D eigenvalue weighted by Gasteiger charge is 2.34. The summed E-state index contributed by atoms with van der Waals surface area (Å²) in [6.07, 6.45) is -0.0428. The van der Waals surface area contributed by atoms with Crippen LogP contribution in [0.4, 0.5) is 0 Å². The van der Waals surface area contributed by atoms with E-state index in [9.17, 15) is 19.2 Å². The number of hydrogen-bond acceptors (Lipinski definition) is 4. The van der Waals surface area contributed by atoms with E-state index < -0.39 is 23.3 Å². The van der Waals surface area contributed by atoms with Crippen LogP contribution in [0.15, 0.2) is 0 Å². The number of carbonyl (C=O) groups is 4. The largest absolute Gasteiger partial charge is 0.480 e. The van der Waals surface area contributed by atoms with Gasteiger partial charge in [0.25, 0.3) is 0 Å². The Balaban J connectivity index is 2.54. The first kappa shape index (κ1) is 16.9. The summed E-state index contributed by atoms with van der Waals surface area (Å²) in [7, 11) is 0. The molecule has 0 aromatic carbocycles. The predicted octanol–water partition coefficient (Wildman–Crippen LogP) is -1.05. The lowest BCUT2D eigenvalue weighted by atomic mass is 9.96. The van der Waals surface area contributed by atoms with E-state index in [1.54, 1.807) is 20.8 Å². The van der Waals surface area contributed by atoms with E-state index in [0.29, 0.717) is 0 Å². The molecular formula is C13H21N3O5. The molecule has 1 aliphatic heterocycles. The molecule has 21 heavy (non-hydrogen) atoms. The van der Waals surface area contributed by atoms with E-state index in [1.165, 1.54) is 0 Å². The second kappa shape index (κ2) is 6.55. The van der Waals surface area contributed by atoms with Gasteiger partial charge in [0, 0.05) is 24.9 Å². The first-order valence-corrected chi connectivity index (χ1v) is 6.70. The number of nitrogens with one attached hydrogen (secondary N) is 2. The van der Waals surface area contributed by atoms with Crippen molar-refractivity contribution in [1.29, 1.82) is 0 Å². The van der Waals surface area contributed by atoms with Crippen LogP contribution in [0.5, 0.6) is 0 Å². The van der Waals surface area contributed by atoms with Gasteiger partial charge in [0.2, 0.25) is 17.7 Å². The maximum absolute atomic E-state index is 12.0. The highest BCUT2D eigenvalue weighted by Crippen LogP contribution is 2.12. The lowest BCUT2D eigenvalue weighted by Gasteiger charge is -2.32. The summed E-state index contributed by atoms with van der Waals surface area (Å²) in [5.41, 5.74) is -0.558. The number of piperazine rings is 1. The molecule has 1 heterocycles. The fraction of sp³-hybridized carbons (Fsp3) is 0.692. The highest BCUT2D eigenvalue weighted by molar-refractivity contribution is 5.91. The molecular weight excluding hydrogens is 278 g/mol. The Bertz CT molecular complexity index is 455. The van der Waals surface area contributed by atoms with Gasteiger partial charge in [0.05, 0.1) is 0 Å². The highest BCUT2D eigenvalue weighted by atomic mass is 16.4. The Morgan fingerprint density at radius 1 is 1.38 bits per heavy atom. The SMILES string of the molecule is CC(C)(C)C(=O)NCCC(=O)N1CC(=O)NCC1C(=O)O. The van der Waals surface area contributed by atoms with E-state index in [4.69, 9.17) is 5.11 Å². The summed E-state index contributed by atoms with van der Waals surface area (Å²) >= 11 is 0. The number of hydrogen-bond donors (Lipinski definition) is 3. The third kappa shape index (κ3) is 4.73. The maximum atomic E-state index is 12.0. The minimum atomic E-state index is -1.16. The second-order valence-electron chi connectivity index (χ2n) is 5.94. The van der Waals surface area contributed by atoms with E-state index in [2.05, 4.69) is 10.6 Å². The minimum absolute atomic E-state index is 0.0428. The van der Waals surface area contributed by atoms with Crippen molar-refractivity contribution in [3.05, 3.63) is 0 Å². The molecule has 1 atom stereocenters. The molecule has 0 bridgehead atoms. The van der Waals surface area contributed by atoms with Crippen molar-refractivity contribution in [3.63, 3.8) is 0 Å². The fourth-order valence-corrected chi connectivity index (χ4v) is 1.82. The third-order valence-electron chi connectivity index (χ3n) is 3.09. The molecule has 0 radical (unpaired) electrons. The number of carboxylic acid groups (broad SMARTS) is 1. The van der Waals surface area contributed by atoms with Gasteiger partial charge in [0.1, 0.15) is 12.6 Å². The van der Waals surface area contributed by atoms with Crippen molar-refractivity contribution in [3.8, 4) is 0 Å². The van der Waals surface area contributed by atoms with Crippen LogP contribution in [0.25, 0.3) is 0 Å². The number of carbonyl (C=O) groups excluding carboxylic acids is 3. The molecule has 0 aromatic rings. The Morgan fingerprint density at radius 2 is 2.00 bits per heavy atom. The van der Waals surface area contributed by atoms with Crippen LogP contribution < -0.4 is 10.6 Å². The summed E-state index contributed by atoms with van der Waals surface area (Å²) in [5, 5.41) is 14.1. The second-order valence-corrected chi connectivity index (χ2v) is 5.94. The van der Waals surface area contributed by atoms with E-state index in [-0.39, 0.29) is 37.9 Å². The molecule has 0 spiro atoms. The van der Waals surface area contributed by atoms with Gasteiger partial charge in [-0.15, -0.1) is 0 Å². The monoisotopic (exact) mass is 299 g/mol. The third-order valence-corrected chi connectivity index (χ3v) is 3.09.